The molecule has 0 spiro atoms. The highest BCUT2D eigenvalue weighted by molar-refractivity contribution is 5.85. The van der Waals surface area contributed by atoms with Crippen LogP contribution in [0.1, 0.15) is 24.4 Å². The molecule has 1 aliphatic heterocycles. The molecule has 2 nitrogen and oxygen atoms in total. The number of benzene rings is 1. The molecule has 1 atom stereocenters. The third-order valence-electron chi connectivity index (χ3n) is 2.55. The summed E-state index contributed by atoms with van der Waals surface area (Å²) in [6.07, 6.45) is -2.62. The van der Waals surface area contributed by atoms with Gasteiger partial charge >= 0.3 is 6.36 Å². The number of alkyl halides is 3. The van der Waals surface area contributed by atoms with Crippen molar-refractivity contribution in [1.82, 2.24) is 5.32 Å². The summed E-state index contributed by atoms with van der Waals surface area (Å²) in [5, 5.41) is 3.23. The molecule has 1 aliphatic rings. The lowest BCUT2D eigenvalue weighted by Gasteiger charge is -2.13. The van der Waals surface area contributed by atoms with E-state index in [4.69, 9.17) is 0 Å². The predicted octanol–water partition coefficient (Wildman–Crippen LogP) is 3.43. The van der Waals surface area contributed by atoms with Gasteiger partial charge in [-0.2, -0.15) is 0 Å². The fourth-order valence-electron chi connectivity index (χ4n) is 1.90. The summed E-state index contributed by atoms with van der Waals surface area (Å²) in [5.41, 5.74) is 0.847. The van der Waals surface area contributed by atoms with Crippen LogP contribution in [0.15, 0.2) is 24.3 Å². The highest BCUT2D eigenvalue weighted by Gasteiger charge is 2.31. The van der Waals surface area contributed by atoms with Crippen molar-refractivity contribution in [2.45, 2.75) is 25.2 Å². The zero-order chi connectivity index (χ0) is 11.6. The van der Waals surface area contributed by atoms with Crippen LogP contribution in [-0.4, -0.2) is 12.9 Å². The number of hydrogen-bond donors (Lipinski definition) is 1. The van der Waals surface area contributed by atoms with E-state index in [2.05, 4.69) is 10.1 Å². The molecule has 0 bridgehead atoms. The van der Waals surface area contributed by atoms with Crippen LogP contribution in [0, 0.1) is 0 Å². The van der Waals surface area contributed by atoms with Gasteiger partial charge < -0.3 is 10.1 Å². The highest BCUT2D eigenvalue weighted by atomic mass is 35.5. The third kappa shape index (κ3) is 4.09. The van der Waals surface area contributed by atoms with E-state index in [1.54, 1.807) is 6.07 Å². The Kier molecular flexibility index (Phi) is 4.65. The Bertz CT molecular complexity index is 364. The standard InChI is InChI=1S/C11H12F3NO.ClH/c12-11(13,14)16-9-4-1-3-8(7-9)10-5-2-6-15-10;/h1,3-4,7,10,15H,2,5-6H2;1H/t10-;/m0./s1. The molecular formula is C11H13ClF3NO. The van der Waals surface area contributed by atoms with Crippen molar-refractivity contribution in [3.8, 4) is 5.75 Å². The molecule has 1 N–H and O–H groups in total. The molecule has 0 aliphatic carbocycles. The maximum absolute atomic E-state index is 12.0. The van der Waals surface area contributed by atoms with Gasteiger partial charge in [-0.3, -0.25) is 0 Å². The zero-order valence-corrected chi connectivity index (χ0v) is 9.77. The molecule has 2 rings (SSSR count). The summed E-state index contributed by atoms with van der Waals surface area (Å²) in [6.45, 7) is 0.912. The molecular weight excluding hydrogens is 255 g/mol. The smallest absolute Gasteiger partial charge is 0.406 e. The van der Waals surface area contributed by atoms with E-state index in [0.717, 1.165) is 24.9 Å². The van der Waals surface area contributed by atoms with Crippen LogP contribution in [0.2, 0.25) is 0 Å². The second-order valence-electron chi connectivity index (χ2n) is 3.77. The lowest BCUT2D eigenvalue weighted by atomic mass is 10.1. The van der Waals surface area contributed by atoms with Crippen LogP contribution >= 0.6 is 12.4 Å². The Morgan fingerprint density at radius 3 is 2.65 bits per heavy atom. The van der Waals surface area contributed by atoms with Crippen molar-refractivity contribution in [3.63, 3.8) is 0 Å². The molecule has 1 saturated heterocycles. The molecule has 6 heteroatoms. The van der Waals surface area contributed by atoms with E-state index >= 15 is 0 Å². The first-order chi connectivity index (χ1) is 7.54. The van der Waals surface area contributed by atoms with Crippen molar-refractivity contribution in [2.75, 3.05) is 6.54 Å². The minimum absolute atomic E-state index is 0. The number of hydrogen-bond acceptors (Lipinski definition) is 2. The molecule has 1 heterocycles. The number of halogens is 4. The van der Waals surface area contributed by atoms with E-state index in [-0.39, 0.29) is 24.2 Å². The molecule has 0 amide bonds. The number of rotatable bonds is 2. The molecule has 1 aromatic rings. The minimum Gasteiger partial charge on any atom is -0.406 e. The van der Waals surface area contributed by atoms with Crippen LogP contribution in [0.3, 0.4) is 0 Å². The van der Waals surface area contributed by atoms with Gasteiger partial charge in [0.05, 0.1) is 0 Å². The van der Waals surface area contributed by atoms with E-state index < -0.39 is 6.36 Å². The average Bonchev–Trinajstić information content (AvgIpc) is 2.68. The fourth-order valence-corrected chi connectivity index (χ4v) is 1.90. The average molecular weight is 268 g/mol. The molecule has 1 fully saturated rings. The SMILES string of the molecule is Cl.FC(F)(F)Oc1cccc([C@@H]2CCCN2)c1. The van der Waals surface area contributed by atoms with Gasteiger partial charge in [-0.05, 0) is 37.1 Å². The largest absolute Gasteiger partial charge is 0.573 e. The Morgan fingerprint density at radius 2 is 2.06 bits per heavy atom. The second-order valence-corrected chi connectivity index (χ2v) is 3.77. The van der Waals surface area contributed by atoms with Gasteiger partial charge in [-0.1, -0.05) is 12.1 Å². The second kappa shape index (κ2) is 5.60. The third-order valence-corrected chi connectivity index (χ3v) is 2.55. The van der Waals surface area contributed by atoms with Gasteiger partial charge in [-0.15, -0.1) is 25.6 Å². The summed E-state index contributed by atoms with van der Waals surface area (Å²) in [6, 6.07) is 6.29. The maximum atomic E-state index is 12.0. The van der Waals surface area contributed by atoms with Crippen LogP contribution in [-0.2, 0) is 0 Å². The lowest BCUT2D eigenvalue weighted by molar-refractivity contribution is -0.274. The van der Waals surface area contributed by atoms with Crippen LogP contribution in [0.4, 0.5) is 13.2 Å². The summed E-state index contributed by atoms with van der Waals surface area (Å²) >= 11 is 0. The Hall–Kier alpha value is -0.940. The fraction of sp³-hybridized carbons (Fsp3) is 0.455. The topological polar surface area (TPSA) is 21.3 Å². The van der Waals surface area contributed by atoms with Crippen LogP contribution in [0.5, 0.6) is 5.75 Å². The van der Waals surface area contributed by atoms with E-state index in [9.17, 15) is 13.2 Å². The summed E-state index contributed by atoms with van der Waals surface area (Å²) < 4.78 is 39.9. The quantitative estimate of drug-likeness (QED) is 0.886. The van der Waals surface area contributed by atoms with Crippen molar-refractivity contribution >= 4 is 12.4 Å². The van der Waals surface area contributed by atoms with Gasteiger partial charge in [0.1, 0.15) is 5.75 Å². The monoisotopic (exact) mass is 267 g/mol. The van der Waals surface area contributed by atoms with Crippen molar-refractivity contribution in [3.05, 3.63) is 29.8 Å². The number of ether oxygens (including phenoxy) is 1. The Labute approximate surface area is 104 Å². The predicted molar refractivity (Wildman–Crippen MR) is 60.4 cm³/mol. The Morgan fingerprint density at radius 1 is 1.29 bits per heavy atom. The van der Waals surface area contributed by atoms with Gasteiger partial charge in [0.25, 0.3) is 0 Å². The van der Waals surface area contributed by atoms with E-state index in [0.29, 0.717) is 0 Å². The van der Waals surface area contributed by atoms with Crippen LogP contribution in [0.25, 0.3) is 0 Å². The van der Waals surface area contributed by atoms with E-state index in [1.807, 2.05) is 6.07 Å². The van der Waals surface area contributed by atoms with Gasteiger partial charge in [0.15, 0.2) is 0 Å². The first-order valence-corrected chi connectivity index (χ1v) is 5.14. The van der Waals surface area contributed by atoms with Gasteiger partial charge in [-0.25, -0.2) is 0 Å². The normalized spacial score (nSPS) is 19.8. The zero-order valence-electron chi connectivity index (χ0n) is 8.96. The first-order valence-electron chi connectivity index (χ1n) is 5.14. The highest BCUT2D eigenvalue weighted by Crippen LogP contribution is 2.28. The molecule has 1 aromatic carbocycles. The van der Waals surface area contributed by atoms with Gasteiger partial charge in [0, 0.05) is 6.04 Å². The molecule has 17 heavy (non-hydrogen) atoms. The number of nitrogens with one attached hydrogen (secondary N) is 1. The minimum atomic E-state index is -4.62. The lowest BCUT2D eigenvalue weighted by Crippen LogP contribution is -2.18. The summed E-state index contributed by atoms with van der Waals surface area (Å²) in [5.74, 6) is -0.154. The van der Waals surface area contributed by atoms with Crippen molar-refractivity contribution < 1.29 is 17.9 Å². The van der Waals surface area contributed by atoms with Crippen molar-refractivity contribution in [1.29, 1.82) is 0 Å². The molecule has 0 radical (unpaired) electrons. The summed E-state index contributed by atoms with van der Waals surface area (Å²) in [4.78, 5) is 0. The molecule has 0 aromatic heterocycles. The van der Waals surface area contributed by atoms with E-state index in [1.165, 1.54) is 12.1 Å². The maximum Gasteiger partial charge on any atom is 0.573 e. The summed E-state index contributed by atoms with van der Waals surface area (Å²) in [7, 11) is 0. The van der Waals surface area contributed by atoms with Gasteiger partial charge in [0.2, 0.25) is 0 Å². The molecule has 96 valence electrons. The Balaban J connectivity index is 0.00000144. The van der Waals surface area contributed by atoms with Crippen LogP contribution < -0.4 is 10.1 Å². The first kappa shape index (κ1) is 14.1. The molecule has 0 saturated carbocycles. The van der Waals surface area contributed by atoms with Crippen molar-refractivity contribution in [2.24, 2.45) is 0 Å². The molecule has 0 unspecified atom stereocenters.